The first-order valence-electron chi connectivity index (χ1n) is 9.35. The molecule has 7 nitrogen and oxygen atoms in total. The summed E-state index contributed by atoms with van der Waals surface area (Å²) in [6, 6.07) is 0.363. The first-order valence-corrected chi connectivity index (χ1v) is 9.35. The quantitative estimate of drug-likeness (QED) is 0.761. The number of aromatic nitrogens is 3. The maximum atomic E-state index is 12.2. The Kier molecular flexibility index (Phi) is 6.20. The average Bonchev–Trinajstić information content (AvgIpc) is 3.11. The van der Waals surface area contributed by atoms with Gasteiger partial charge in [-0.15, -0.1) is 5.10 Å². The Morgan fingerprint density at radius 1 is 1.29 bits per heavy atom. The number of carbonyl (C=O) groups excluding carboxylic acids is 1. The van der Waals surface area contributed by atoms with Gasteiger partial charge in [0.2, 0.25) is 0 Å². The Hall–Kier alpha value is -1.47. The lowest BCUT2D eigenvalue weighted by molar-refractivity contribution is 0.0945. The van der Waals surface area contributed by atoms with E-state index in [1.165, 1.54) is 25.9 Å². The van der Waals surface area contributed by atoms with Crippen LogP contribution in [0, 0.1) is 5.92 Å². The molecule has 3 rings (SSSR count). The summed E-state index contributed by atoms with van der Waals surface area (Å²) >= 11 is 0. The number of hydrogen-bond acceptors (Lipinski definition) is 5. The van der Waals surface area contributed by atoms with Crippen LogP contribution in [0.4, 0.5) is 0 Å². The van der Waals surface area contributed by atoms with Crippen molar-refractivity contribution < 1.29 is 4.79 Å². The van der Waals surface area contributed by atoms with Gasteiger partial charge in [-0.3, -0.25) is 4.79 Å². The summed E-state index contributed by atoms with van der Waals surface area (Å²) < 4.78 is 1.85. The lowest BCUT2D eigenvalue weighted by Gasteiger charge is -2.30. The third-order valence-electron chi connectivity index (χ3n) is 5.24. The molecule has 0 aromatic carbocycles. The molecule has 2 aliphatic heterocycles. The SMILES string of the molecule is CC1CCN(CCCNC(=O)c2cn(C3CCNCC3)nn2)CC1. The Labute approximate surface area is 144 Å². The molecule has 3 heterocycles. The van der Waals surface area contributed by atoms with E-state index in [0.29, 0.717) is 18.3 Å². The number of likely N-dealkylation sites (tertiary alicyclic amines) is 1. The molecule has 0 unspecified atom stereocenters. The van der Waals surface area contributed by atoms with E-state index in [4.69, 9.17) is 0 Å². The second-order valence-corrected chi connectivity index (χ2v) is 7.20. The molecule has 2 fully saturated rings. The highest BCUT2D eigenvalue weighted by Gasteiger charge is 2.19. The van der Waals surface area contributed by atoms with E-state index >= 15 is 0 Å². The molecule has 24 heavy (non-hydrogen) atoms. The molecule has 0 atom stereocenters. The van der Waals surface area contributed by atoms with Crippen molar-refractivity contribution in [3.8, 4) is 0 Å². The van der Waals surface area contributed by atoms with Crippen molar-refractivity contribution in [1.82, 2.24) is 30.5 Å². The summed E-state index contributed by atoms with van der Waals surface area (Å²) in [6.07, 6.45) is 7.45. The molecule has 0 saturated carbocycles. The molecule has 134 valence electrons. The number of piperidine rings is 2. The summed E-state index contributed by atoms with van der Waals surface area (Å²) in [5.74, 6) is 0.756. The van der Waals surface area contributed by atoms with Crippen LogP contribution in [0.25, 0.3) is 0 Å². The van der Waals surface area contributed by atoms with Gasteiger partial charge in [0.05, 0.1) is 12.2 Å². The van der Waals surface area contributed by atoms with E-state index in [1.807, 2.05) is 4.68 Å². The Balaban J connectivity index is 1.37. The molecule has 0 bridgehead atoms. The van der Waals surface area contributed by atoms with E-state index in [-0.39, 0.29) is 5.91 Å². The zero-order valence-electron chi connectivity index (χ0n) is 14.7. The van der Waals surface area contributed by atoms with Gasteiger partial charge >= 0.3 is 0 Å². The average molecular weight is 334 g/mol. The van der Waals surface area contributed by atoms with Crippen LogP contribution in [0.3, 0.4) is 0 Å². The van der Waals surface area contributed by atoms with Crippen LogP contribution in [0.1, 0.15) is 55.6 Å². The summed E-state index contributed by atoms with van der Waals surface area (Å²) in [5, 5.41) is 14.5. The zero-order valence-corrected chi connectivity index (χ0v) is 14.7. The molecule has 1 aromatic rings. The summed E-state index contributed by atoms with van der Waals surface area (Å²) in [4.78, 5) is 14.7. The van der Waals surface area contributed by atoms with E-state index in [9.17, 15) is 4.79 Å². The van der Waals surface area contributed by atoms with Gasteiger partial charge in [-0.2, -0.15) is 0 Å². The van der Waals surface area contributed by atoms with Gasteiger partial charge in [-0.1, -0.05) is 12.1 Å². The largest absolute Gasteiger partial charge is 0.351 e. The van der Waals surface area contributed by atoms with Gasteiger partial charge in [0.1, 0.15) is 0 Å². The monoisotopic (exact) mass is 334 g/mol. The highest BCUT2D eigenvalue weighted by Crippen LogP contribution is 2.17. The van der Waals surface area contributed by atoms with Gasteiger partial charge in [-0.25, -0.2) is 4.68 Å². The van der Waals surface area contributed by atoms with E-state index in [2.05, 4.69) is 32.8 Å². The van der Waals surface area contributed by atoms with Gasteiger partial charge in [0.25, 0.3) is 5.91 Å². The van der Waals surface area contributed by atoms with Crippen molar-refractivity contribution in [2.24, 2.45) is 5.92 Å². The third kappa shape index (κ3) is 4.77. The van der Waals surface area contributed by atoms with Gasteiger partial charge in [-0.05, 0) is 70.7 Å². The smallest absolute Gasteiger partial charge is 0.273 e. The highest BCUT2D eigenvalue weighted by atomic mass is 16.2. The van der Waals surface area contributed by atoms with Gasteiger partial charge in [0.15, 0.2) is 5.69 Å². The molecule has 0 radical (unpaired) electrons. The molecule has 2 aliphatic rings. The van der Waals surface area contributed by atoms with Crippen molar-refractivity contribution in [2.45, 2.75) is 45.1 Å². The fourth-order valence-corrected chi connectivity index (χ4v) is 3.51. The second-order valence-electron chi connectivity index (χ2n) is 7.20. The number of hydrogen-bond donors (Lipinski definition) is 2. The number of carbonyl (C=O) groups is 1. The van der Waals surface area contributed by atoms with Crippen molar-refractivity contribution in [1.29, 1.82) is 0 Å². The lowest BCUT2D eigenvalue weighted by atomic mass is 9.99. The number of nitrogens with one attached hydrogen (secondary N) is 2. The van der Waals surface area contributed by atoms with Crippen LogP contribution in [0.15, 0.2) is 6.20 Å². The highest BCUT2D eigenvalue weighted by molar-refractivity contribution is 5.91. The minimum absolute atomic E-state index is 0.109. The van der Waals surface area contributed by atoms with Crippen LogP contribution >= 0.6 is 0 Å². The van der Waals surface area contributed by atoms with Crippen molar-refractivity contribution >= 4 is 5.91 Å². The normalized spacial score (nSPS) is 21.0. The predicted octanol–water partition coefficient (Wildman–Crippen LogP) is 1.05. The third-order valence-corrected chi connectivity index (χ3v) is 5.24. The Bertz CT molecular complexity index is 517. The van der Waals surface area contributed by atoms with Gasteiger partial charge < -0.3 is 15.5 Å². The molecule has 2 N–H and O–H groups in total. The van der Waals surface area contributed by atoms with Crippen molar-refractivity contribution in [2.75, 3.05) is 39.3 Å². The first kappa shape index (κ1) is 17.4. The summed E-state index contributed by atoms with van der Waals surface area (Å²) in [6.45, 7) is 8.48. The first-order chi connectivity index (χ1) is 11.7. The minimum Gasteiger partial charge on any atom is -0.351 e. The molecular formula is C17H30N6O. The molecule has 1 amide bonds. The van der Waals surface area contributed by atoms with Crippen LogP contribution in [0.2, 0.25) is 0 Å². The van der Waals surface area contributed by atoms with E-state index in [0.717, 1.165) is 44.8 Å². The fraction of sp³-hybridized carbons (Fsp3) is 0.824. The lowest BCUT2D eigenvalue weighted by Crippen LogP contribution is -2.35. The van der Waals surface area contributed by atoms with Crippen molar-refractivity contribution in [3.05, 3.63) is 11.9 Å². The second kappa shape index (κ2) is 8.58. The Morgan fingerprint density at radius 2 is 2.04 bits per heavy atom. The molecule has 2 saturated heterocycles. The molecule has 7 heteroatoms. The van der Waals surface area contributed by atoms with Crippen LogP contribution < -0.4 is 10.6 Å². The minimum atomic E-state index is -0.109. The molecule has 1 aromatic heterocycles. The zero-order chi connectivity index (χ0) is 16.8. The number of nitrogens with zero attached hydrogens (tertiary/aromatic N) is 4. The van der Waals surface area contributed by atoms with E-state index < -0.39 is 0 Å². The van der Waals surface area contributed by atoms with Gasteiger partial charge in [0, 0.05) is 6.54 Å². The van der Waals surface area contributed by atoms with E-state index in [1.54, 1.807) is 6.20 Å². The molecule has 0 spiro atoms. The Morgan fingerprint density at radius 3 is 2.79 bits per heavy atom. The molecular weight excluding hydrogens is 304 g/mol. The maximum absolute atomic E-state index is 12.2. The van der Waals surface area contributed by atoms with Crippen LogP contribution in [-0.2, 0) is 0 Å². The predicted molar refractivity (Wildman–Crippen MR) is 93.0 cm³/mol. The number of amides is 1. The standard InChI is InChI=1S/C17H30N6O/c1-14-5-11-22(12-6-14)10-2-7-19-17(24)16-13-23(21-20-16)15-3-8-18-9-4-15/h13-15,18H,2-12H2,1H3,(H,19,24). The maximum Gasteiger partial charge on any atom is 0.273 e. The fourth-order valence-electron chi connectivity index (χ4n) is 3.51. The topological polar surface area (TPSA) is 75.1 Å². The summed E-state index contributed by atoms with van der Waals surface area (Å²) in [5.41, 5.74) is 0.431. The number of rotatable bonds is 6. The van der Waals surface area contributed by atoms with Crippen LogP contribution in [-0.4, -0.2) is 65.1 Å². The summed E-state index contributed by atoms with van der Waals surface area (Å²) in [7, 11) is 0. The van der Waals surface area contributed by atoms with Crippen molar-refractivity contribution in [3.63, 3.8) is 0 Å². The molecule has 0 aliphatic carbocycles. The van der Waals surface area contributed by atoms with Crippen LogP contribution in [0.5, 0.6) is 0 Å².